The highest BCUT2D eigenvalue weighted by Crippen LogP contribution is 2.29. The van der Waals surface area contributed by atoms with Crippen molar-refractivity contribution < 1.29 is 9.84 Å². The number of phenolic OH excluding ortho intramolecular Hbond substituents is 1. The fraction of sp³-hybridized carbons (Fsp3) is 0.294. The summed E-state index contributed by atoms with van der Waals surface area (Å²) in [5.74, 6) is 1.23. The van der Waals surface area contributed by atoms with E-state index in [-0.39, 0.29) is 5.75 Å². The van der Waals surface area contributed by atoms with Gasteiger partial charge in [0.2, 0.25) is 0 Å². The van der Waals surface area contributed by atoms with Crippen molar-refractivity contribution >= 4 is 5.69 Å². The summed E-state index contributed by atoms with van der Waals surface area (Å²) < 4.78 is 5.10. The van der Waals surface area contributed by atoms with Crippen molar-refractivity contribution in [2.45, 2.75) is 26.3 Å². The summed E-state index contributed by atoms with van der Waals surface area (Å²) >= 11 is 0. The van der Waals surface area contributed by atoms with Gasteiger partial charge in [-0.2, -0.15) is 0 Å². The first-order valence-electron chi connectivity index (χ1n) is 6.80. The Balaban J connectivity index is 2.05. The summed E-state index contributed by atoms with van der Waals surface area (Å²) in [6.07, 6.45) is 0. The smallest absolute Gasteiger partial charge is 0.162 e. The molecule has 106 valence electrons. The van der Waals surface area contributed by atoms with Crippen molar-refractivity contribution in [2.75, 3.05) is 12.4 Å². The van der Waals surface area contributed by atoms with Crippen molar-refractivity contribution in [1.82, 2.24) is 0 Å². The van der Waals surface area contributed by atoms with Crippen LogP contribution in [0, 0.1) is 0 Å². The first kappa shape index (κ1) is 14.3. The van der Waals surface area contributed by atoms with Crippen LogP contribution in [0.5, 0.6) is 11.5 Å². The van der Waals surface area contributed by atoms with Gasteiger partial charge in [-0.1, -0.05) is 38.1 Å². The third-order valence-corrected chi connectivity index (χ3v) is 3.36. The highest BCUT2D eigenvalue weighted by Gasteiger charge is 2.06. The van der Waals surface area contributed by atoms with E-state index in [2.05, 4.69) is 43.4 Å². The van der Waals surface area contributed by atoms with Crippen molar-refractivity contribution in [1.29, 1.82) is 0 Å². The quantitative estimate of drug-likeness (QED) is 0.859. The van der Waals surface area contributed by atoms with E-state index >= 15 is 0 Å². The molecular formula is C17H21NO2. The van der Waals surface area contributed by atoms with Crippen LogP contribution in [0.4, 0.5) is 5.69 Å². The number of anilines is 1. The maximum absolute atomic E-state index is 10.0. The summed E-state index contributed by atoms with van der Waals surface area (Å²) in [6.45, 7) is 4.91. The predicted molar refractivity (Wildman–Crippen MR) is 82.5 cm³/mol. The molecule has 2 N–H and O–H groups in total. The molecule has 0 bridgehead atoms. The van der Waals surface area contributed by atoms with Crippen LogP contribution >= 0.6 is 0 Å². The Kier molecular flexibility index (Phi) is 4.51. The molecular weight excluding hydrogens is 250 g/mol. The second kappa shape index (κ2) is 6.33. The maximum Gasteiger partial charge on any atom is 0.162 e. The summed E-state index contributed by atoms with van der Waals surface area (Å²) in [6, 6.07) is 13.9. The maximum atomic E-state index is 10.0. The van der Waals surface area contributed by atoms with Crippen LogP contribution in [0.2, 0.25) is 0 Å². The van der Waals surface area contributed by atoms with E-state index in [1.165, 1.54) is 5.56 Å². The molecule has 0 spiro atoms. The Bertz CT molecular complexity index is 562. The van der Waals surface area contributed by atoms with Gasteiger partial charge in [0.15, 0.2) is 11.5 Å². The van der Waals surface area contributed by atoms with Crippen LogP contribution < -0.4 is 10.1 Å². The van der Waals surface area contributed by atoms with Gasteiger partial charge in [-0.25, -0.2) is 0 Å². The Labute approximate surface area is 120 Å². The zero-order valence-electron chi connectivity index (χ0n) is 12.2. The van der Waals surface area contributed by atoms with E-state index in [1.807, 2.05) is 12.1 Å². The molecule has 0 aliphatic heterocycles. The highest BCUT2D eigenvalue weighted by atomic mass is 16.5. The fourth-order valence-electron chi connectivity index (χ4n) is 2.06. The fourth-order valence-corrected chi connectivity index (χ4v) is 2.06. The lowest BCUT2D eigenvalue weighted by Gasteiger charge is -2.11. The van der Waals surface area contributed by atoms with Crippen molar-refractivity contribution in [3.8, 4) is 11.5 Å². The molecule has 2 aromatic rings. The molecule has 0 heterocycles. The molecule has 0 saturated carbocycles. The largest absolute Gasteiger partial charge is 0.504 e. The minimum Gasteiger partial charge on any atom is -0.504 e. The molecule has 3 nitrogen and oxygen atoms in total. The SMILES string of the molecule is COc1cccc(CNc2ccc(C(C)C)cc2)c1O. The summed E-state index contributed by atoms with van der Waals surface area (Å²) in [4.78, 5) is 0. The average molecular weight is 271 g/mol. The zero-order valence-corrected chi connectivity index (χ0v) is 12.2. The van der Waals surface area contributed by atoms with Crippen LogP contribution in [0.15, 0.2) is 42.5 Å². The first-order valence-corrected chi connectivity index (χ1v) is 6.80. The molecule has 2 aromatic carbocycles. The Morgan fingerprint density at radius 3 is 2.40 bits per heavy atom. The second-order valence-electron chi connectivity index (χ2n) is 5.10. The first-order chi connectivity index (χ1) is 9.61. The van der Waals surface area contributed by atoms with Crippen LogP contribution in [0.1, 0.15) is 30.9 Å². The van der Waals surface area contributed by atoms with E-state index in [0.717, 1.165) is 11.3 Å². The van der Waals surface area contributed by atoms with Gasteiger partial charge in [-0.15, -0.1) is 0 Å². The number of phenols is 1. The van der Waals surface area contributed by atoms with Gasteiger partial charge in [0, 0.05) is 17.8 Å². The van der Waals surface area contributed by atoms with Gasteiger partial charge < -0.3 is 15.2 Å². The van der Waals surface area contributed by atoms with Crippen molar-refractivity contribution in [3.05, 3.63) is 53.6 Å². The topological polar surface area (TPSA) is 41.5 Å². The van der Waals surface area contributed by atoms with Crippen LogP contribution in [-0.2, 0) is 6.54 Å². The summed E-state index contributed by atoms with van der Waals surface area (Å²) in [7, 11) is 1.55. The number of rotatable bonds is 5. The minimum absolute atomic E-state index is 0.196. The predicted octanol–water partition coefficient (Wildman–Crippen LogP) is 4.14. The van der Waals surface area contributed by atoms with Gasteiger partial charge >= 0.3 is 0 Å². The molecule has 0 aliphatic carbocycles. The van der Waals surface area contributed by atoms with Crippen LogP contribution in [-0.4, -0.2) is 12.2 Å². The van der Waals surface area contributed by atoms with Gasteiger partial charge in [0.05, 0.1) is 7.11 Å². The van der Waals surface area contributed by atoms with E-state index in [0.29, 0.717) is 18.2 Å². The van der Waals surface area contributed by atoms with Crippen LogP contribution in [0.3, 0.4) is 0 Å². The van der Waals surface area contributed by atoms with E-state index < -0.39 is 0 Å². The number of hydrogen-bond donors (Lipinski definition) is 2. The van der Waals surface area contributed by atoms with Gasteiger partial charge in [-0.05, 0) is 29.7 Å². The monoisotopic (exact) mass is 271 g/mol. The lowest BCUT2D eigenvalue weighted by Crippen LogP contribution is -2.00. The number of methoxy groups -OCH3 is 1. The number of nitrogens with one attached hydrogen (secondary N) is 1. The standard InChI is InChI=1S/C17H21NO2/c1-12(2)13-7-9-15(10-8-13)18-11-14-5-4-6-16(20-3)17(14)19/h4-10,12,18-19H,11H2,1-3H3. The molecule has 0 radical (unpaired) electrons. The normalized spacial score (nSPS) is 10.6. The number of hydrogen-bond acceptors (Lipinski definition) is 3. The number of para-hydroxylation sites is 1. The molecule has 0 aromatic heterocycles. The van der Waals surface area contributed by atoms with Crippen molar-refractivity contribution in [2.24, 2.45) is 0 Å². The van der Waals surface area contributed by atoms with Crippen molar-refractivity contribution in [3.63, 3.8) is 0 Å². The molecule has 2 rings (SSSR count). The van der Waals surface area contributed by atoms with E-state index in [9.17, 15) is 5.11 Å². The van der Waals surface area contributed by atoms with Gasteiger partial charge in [-0.3, -0.25) is 0 Å². The minimum atomic E-state index is 0.196. The Morgan fingerprint density at radius 2 is 1.80 bits per heavy atom. The number of benzene rings is 2. The van der Waals surface area contributed by atoms with E-state index in [4.69, 9.17) is 4.74 Å². The average Bonchev–Trinajstić information content (AvgIpc) is 2.46. The summed E-state index contributed by atoms with van der Waals surface area (Å²) in [5, 5.41) is 13.3. The molecule has 20 heavy (non-hydrogen) atoms. The lowest BCUT2D eigenvalue weighted by molar-refractivity contribution is 0.371. The molecule has 0 fully saturated rings. The van der Waals surface area contributed by atoms with Gasteiger partial charge in [0.1, 0.15) is 0 Å². The number of aromatic hydroxyl groups is 1. The van der Waals surface area contributed by atoms with Crippen LogP contribution in [0.25, 0.3) is 0 Å². The molecule has 0 aliphatic rings. The zero-order chi connectivity index (χ0) is 14.5. The van der Waals surface area contributed by atoms with E-state index in [1.54, 1.807) is 13.2 Å². The Hall–Kier alpha value is -2.16. The lowest BCUT2D eigenvalue weighted by atomic mass is 10.0. The molecule has 0 amide bonds. The highest BCUT2D eigenvalue weighted by molar-refractivity contribution is 5.49. The third-order valence-electron chi connectivity index (χ3n) is 3.36. The number of ether oxygens (including phenoxy) is 1. The molecule has 0 atom stereocenters. The molecule has 0 saturated heterocycles. The second-order valence-corrected chi connectivity index (χ2v) is 5.10. The van der Waals surface area contributed by atoms with Gasteiger partial charge in [0.25, 0.3) is 0 Å². The Morgan fingerprint density at radius 1 is 1.10 bits per heavy atom. The summed E-state index contributed by atoms with van der Waals surface area (Å²) in [5.41, 5.74) is 3.17. The molecule has 3 heteroatoms. The third kappa shape index (κ3) is 3.23. The molecule has 0 unspecified atom stereocenters.